The molecule has 0 saturated carbocycles. The summed E-state index contributed by atoms with van der Waals surface area (Å²) in [7, 11) is 0. The molecular weight excluding hydrogens is 256 g/mol. The number of nitrogens with zero attached hydrogens (tertiary/aromatic N) is 2. The molecule has 8 nitrogen and oxygen atoms in total. The summed E-state index contributed by atoms with van der Waals surface area (Å²) in [6.45, 7) is 11.8. The van der Waals surface area contributed by atoms with E-state index in [1.165, 1.54) is 0 Å². The number of amidine groups is 3. The molecule has 0 heterocycles. The molecule has 0 rings (SSSR count). The zero-order valence-electron chi connectivity index (χ0n) is 12.5. The van der Waals surface area contributed by atoms with E-state index in [-0.39, 0.29) is 11.7 Å². The molecule has 9 N–H and O–H groups in total. The van der Waals surface area contributed by atoms with E-state index >= 15 is 0 Å². The van der Waals surface area contributed by atoms with Crippen LogP contribution in [0.25, 0.3) is 4.95 Å². The van der Waals surface area contributed by atoms with Crippen LogP contribution in [0.15, 0.2) is 5.10 Å². The molecule has 0 radical (unpaired) electrons. The summed E-state index contributed by atoms with van der Waals surface area (Å²) in [6.07, 6.45) is 2.35. The van der Waals surface area contributed by atoms with Gasteiger partial charge in [-0.25, -0.2) is 0 Å². The first-order valence-corrected chi connectivity index (χ1v) is 6.15. The minimum absolute atomic E-state index is 0.0804. The molecule has 114 valence electrons. The van der Waals surface area contributed by atoms with E-state index in [2.05, 4.69) is 10.1 Å². The smallest absolute Gasteiger partial charge is 0.182 e. The third-order valence-electron chi connectivity index (χ3n) is 1.75. The molecule has 0 aliphatic carbocycles. The van der Waals surface area contributed by atoms with Crippen molar-refractivity contribution in [1.29, 1.82) is 16.2 Å². The summed E-state index contributed by atoms with van der Waals surface area (Å²) in [6, 6.07) is 0. The van der Waals surface area contributed by atoms with Crippen molar-refractivity contribution in [2.75, 3.05) is 0 Å². The lowest BCUT2D eigenvalue weighted by Crippen LogP contribution is -2.13. The van der Waals surface area contributed by atoms with Gasteiger partial charge in [0.05, 0.1) is 11.7 Å². The van der Waals surface area contributed by atoms with Crippen LogP contribution in [-0.2, 0) is 0 Å². The topological polar surface area (TPSA) is 166 Å². The zero-order chi connectivity index (χ0) is 16.6. The van der Waals surface area contributed by atoms with Crippen molar-refractivity contribution < 1.29 is 0 Å². The lowest BCUT2D eigenvalue weighted by atomic mass is 10.2. The Kier molecular flexibility index (Phi) is 18.8. The largest absolute Gasteiger partial charge is 0.388 e. The number of rotatable bonds is 5. The molecule has 8 heteroatoms. The van der Waals surface area contributed by atoms with Crippen LogP contribution in [0.2, 0.25) is 0 Å². The predicted molar refractivity (Wildman–Crippen MR) is 85.3 cm³/mol. The van der Waals surface area contributed by atoms with Crippen molar-refractivity contribution in [1.82, 2.24) is 0 Å². The van der Waals surface area contributed by atoms with E-state index in [0.29, 0.717) is 37.2 Å². The normalized spacial score (nSPS) is 9.00. The van der Waals surface area contributed by atoms with Gasteiger partial charge in [-0.05, 0) is 6.42 Å². The Morgan fingerprint density at radius 3 is 1.50 bits per heavy atom. The Morgan fingerprint density at radius 2 is 1.40 bits per heavy atom. The maximum atomic E-state index is 7.05. The molecule has 0 aliphatic rings. The molecule has 0 fully saturated rings. The number of hydrogen-bond donors (Lipinski definition) is 6. The van der Waals surface area contributed by atoms with Gasteiger partial charge in [0, 0.05) is 25.0 Å². The van der Waals surface area contributed by atoms with Gasteiger partial charge in [0.15, 0.2) is 5.84 Å². The van der Waals surface area contributed by atoms with E-state index < -0.39 is 0 Å². The molecule has 0 saturated heterocycles. The quantitative estimate of drug-likeness (QED) is 0.195. The van der Waals surface area contributed by atoms with Crippen molar-refractivity contribution in [3.8, 4) is 0 Å². The van der Waals surface area contributed by atoms with Crippen LogP contribution < -0.4 is 17.2 Å². The fourth-order valence-corrected chi connectivity index (χ4v) is 0.490. The monoisotopic (exact) mass is 282 g/mol. The Labute approximate surface area is 120 Å². The third kappa shape index (κ3) is 29.6. The van der Waals surface area contributed by atoms with Crippen LogP contribution in [0, 0.1) is 22.8 Å². The number of nitrogens with two attached hydrogens (primary N) is 3. The lowest BCUT2D eigenvalue weighted by molar-refractivity contribution is 1.18. The maximum absolute atomic E-state index is 7.05. The standard InChI is InChI=1S/C5H11N3.C4H7N3.C3H8N2/c1-2-4(6)3-5(7)8;1-3-4(5)7-6-2;1-2-3(4)5/h6H,2-3H2,1H3,(H3,7,8);3H2,1H3,(H2,5,7);2H2,1H3,(H3,4,5). The van der Waals surface area contributed by atoms with Crippen molar-refractivity contribution in [3.63, 3.8) is 0 Å². The van der Waals surface area contributed by atoms with Gasteiger partial charge in [0.25, 0.3) is 0 Å². The second-order valence-electron chi connectivity index (χ2n) is 3.58. The molecule has 0 bridgehead atoms. The predicted octanol–water partition coefficient (Wildman–Crippen LogP) is 1.66. The van der Waals surface area contributed by atoms with Crippen LogP contribution in [-0.4, -0.2) is 23.2 Å². The van der Waals surface area contributed by atoms with Crippen molar-refractivity contribution in [2.24, 2.45) is 22.3 Å². The number of hydrogen-bond acceptors (Lipinski definition) is 4. The average Bonchev–Trinajstić information content (AvgIpc) is 2.39. The average molecular weight is 282 g/mol. The molecule has 0 aliphatic heterocycles. The van der Waals surface area contributed by atoms with Gasteiger partial charge < -0.3 is 22.6 Å². The maximum Gasteiger partial charge on any atom is 0.182 e. The molecular formula is C12H26N8. The Morgan fingerprint density at radius 1 is 0.950 bits per heavy atom. The van der Waals surface area contributed by atoms with Gasteiger partial charge >= 0.3 is 0 Å². The van der Waals surface area contributed by atoms with E-state index in [4.69, 9.17) is 40.0 Å². The van der Waals surface area contributed by atoms with E-state index in [0.717, 1.165) is 0 Å². The first-order valence-electron chi connectivity index (χ1n) is 6.15. The fourth-order valence-electron chi connectivity index (χ4n) is 0.490. The first-order chi connectivity index (χ1) is 9.24. The second kappa shape index (κ2) is 16.6. The number of nitrogens with one attached hydrogen (secondary N) is 3. The van der Waals surface area contributed by atoms with Gasteiger partial charge in [0.2, 0.25) is 0 Å². The Balaban J connectivity index is -0.000000223. The minimum atomic E-state index is 0.0804. The second-order valence-corrected chi connectivity index (χ2v) is 3.58. The molecule has 0 aromatic rings. The van der Waals surface area contributed by atoms with Gasteiger partial charge in [-0.3, -0.25) is 10.8 Å². The van der Waals surface area contributed by atoms with Crippen molar-refractivity contribution >= 4 is 23.2 Å². The van der Waals surface area contributed by atoms with Gasteiger partial charge in [-0.15, -0.1) is 4.95 Å². The van der Waals surface area contributed by atoms with Crippen LogP contribution in [0.3, 0.4) is 0 Å². The van der Waals surface area contributed by atoms with Crippen molar-refractivity contribution in [2.45, 2.75) is 46.5 Å². The zero-order valence-corrected chi connectivity index (χ0v) is 12.5. The Bertz CT molecular complexity index is 364. The summed E-state index contributed by atoms with van der Waals surface area (Å²) in [5.41, 5.74) is 15.5. The highest BCUT2D eigenvalue weighted by Crippen LogP contribution is 1.86. The molecule has 0 amide bonds. The van der Waals surface area contributed by atoms with Crippen LogP contribution in [0.4, 0.5) is 0 Å². The SMILES string of the molecule is CCC(=N)CC(=N)N.CCC(=N)N.[C-]#[N+]/N=C(\N)CC. The molecule has 0 atom stereocenters. The molecule has 0 spiro atoms. The van der Waals surface area contributed by atoms with E-state index in [9.17, 15) is 0 Å². The summed E-state index contributed by atoms with van der Waals surface area (Å²) in [5.74, 6) is 0.733. The summed E-state index contributed by atoms with van der Waals surface area (Å²) in [4.78, 5) is 2.72. The van der Waals surface area contributed by atoms with E-state index in [1.54, 1.807) is 0 Å². The van der Waals surface area contributed by atoms with Gasteiger partial charge in [-0.1, -0.05) is 20.8 Å². The highest BCUT2D eigenvalue weighted by Gasteiger charge is 1.92. The van der Waals surface area contributed by atoms with Crippen molar-refractivity contribution in [3.05, 3.63) is 11.5 Å². The summed E-state index contributed by atoms with van der Waals surface area (Å²) in [5, 5.41) is 23.6. The molecule has 0 aromatic heterocycles. The minimum Gasteiger partial charge on any atom is -0.388 e. The third-order valence-corrected chi connectivity index (χ3v) is 1.75. The molecule has 20 heavy (non-hydrogen) atoms. The lowest BCUT2D eigenvalue weighted by Gasteiger charge is -1.94. The van der Waals surface area contributed by atoms with Gasteiger partial charge in [-0.2, -0.15) is 6.57 Å². The molecule has 0 aromatic carbocycles. The van der Waals surface area contributed by atoms with E-state index in [1.807, 2.05) is 20.8 Å². The highest BCUT2D eigenvalue weighted by molar-refractivity contribution is 5.99. The van der Waals surface area contributed by atoms with Gasteiger partial charge in [0.1, 0.15) is 5.10 Å². The molecule has 0 unspecified atom stereocenters. The van der Waals surface area contributed by atoms with Crippen LogP contribution in [0.1, 0.15) is 46.5 Å². The van der Waals surface area contributed by atoms with Crippen LogP contribution >= 0.6 is 0 Å². The Hall–Kier alpha value is -2.43. The van der Waals surface area contributed by atoms with Crippen LogP contribution in [0.5, 0.6) is 0 Å². The summed E-state index contributed by atoms with van der Waals surface area (Å²) >= 11 is 0. The fraction of sp³-hybridized carbons (Fsp3) is 0.583. The highest BCUT2D eigenvalue weighted by atomic mass is 15.2. The summed E-state index contributed by atoms with van der Waals surface area (Å²) < 4.78 is 0. The first kappa shape index (κ1) is 22.7.